The van der Waals surface area contributed by atoms with Crippen molar-refractivity contribution >= 4 is 11.6 Å². The summed E-state index contributed by atoms with van der Waals surface area (Å²) in [6.07, 6.45) is 0. The molecule has 0 amide bonds. The van der Waals surface area contributed by atoms with Crippen molar-refractivity contribution in [3.05, 3.63) is 87.6 Å². The van der Waals surface area contributed by atoms with E-state index in [1.807, 2.05) is 50.2 Å². The summed E-state index contributed by atoms with van der Waals surface area (Å²) in [5.41, 5.74) is 10.2. The molecule has 0 aliphatic heterocycles. The Labute approximate surface area is 156 Å². The van der Waals surface area contributed by atoms with Crippen molar-refractivity contribution in [2.45, 2.75) is 19.8 Å². The second kappa shape index (κ2) is 7.52. The van der Waals surface area contributed by atoms with Crippen LogP contribution in [0.5, 0.6) is 0 Å². The van der Waals surface area contributed by atoms with E-state index in [0.29, 0.717) is 12.2 Å². The molecule has 2 N–H and O–H groups in total. The van der Waals surface area contributed by atoms with E-state index in [-0.39, 0.29) is 16.5 Å². The molecule has 1 atom stereocenters. The maximum absolute atomic E-state index is 14.4. The largest absolute Gasteiger partial charge is 0.329 e. The lowest BCUT2D eigenvalue weighted by atomic mass is 9.92. The molecule has 5 heteroatoms. The van der Waals surface area contributed by atoms with Crippen LogP contribution < -0.4 is 5.73 Å². The Kier molecular flexibility index (Phi) is 5.35. The van der Waals surface area contributed by atoms with Gasteiger partial charge in [0.2, 0.25) is 0 Å². The average molecular weight is 373 g/mol. The van der Waals surface area contributed by atoms with Crippen LogP contribution in [-0.2, 0) is 0 Å². The second-order valence-electron chi connectivity index (χ2n) is 6.28. The fourth-order valence-electron chi connectivity index (χ4n) is 3.02. The molecule has 1 unspecified atom stereocenters. The number of nitrogens with zero attached hydrogens (tertiary/aromatic N) is 1. The highest BCUT2D eigenvalue weighted by Gasteiger charge is 2.20. The Bertz CT molecular complexity index is 942. The highest BCUT2D eigenvalue weighted by molar-refractivity contribution is 6.31. The molecule has 1 aromatic heterocycles. The Hall–Kier alpha value is -2.30. The molecule has 1 heterocycles. The van der Waals surface area contributed by atoms with Crippen molar-refractivity contribution in [3.63, 3.8) is 0 Å². The third-order valence-electron chi connectivity index (χ3n) is 4.61. The Balaban J connectivity index is 2.18. The molecule has 0 fully saturated rings. The molecule has 0 saturated heterocycles. The fraction of sp³-hybridized carbons (Fsp3) is 0.190. The molecule has 2 aromatic carbocycles. The first-order chi connectivity index (χ1) is 12.4. The van der Waals surface area contributed by atoms with Crippen molar-refractivity contribution in [2.24, 2.45) is 5.73 Å². The molecular weight excluding hydrogens is 354 g/mol. The minimum absolute atomic E-state index is 0.117. The van der Waals surface area contributed by atoms with E-state index in [9.17, 15) is 8.78 Å². The van der Waals surface area contributed by atoms with Gasteiger partial charge in [-0.2, -0.15) is 0 Å². The van der Waals surface area contributed by atoms with Crippen molar-refractivity contribution in [1.82, 2.24) is 4.98 Å². The first kappa shape index (κ1) is 18.5. The van der Waals surface area contributed by atoms with Crippen LogP contribution >= 0.6 is 11.6 Å². The molecule has 0 saturated carbocycles. The third-order valence-corrected chi connectivity index (χ3v) is 4.90. The number of aromatic nitrogens is 1. The van der Waals surface area contributed by atoms with E-state index in [1.54, 1.807) is 0 Å². The van der Waals surface area contributed by atoms with Crippen LogP contribution in [0.15, 0.2) is 48.5 Å². The van der Waals surface area contributed by atoms with Crippen molar-refractivity contribution in [3.8, 4) is 11.3 Å². The summed E-state index contributed by atoms with van der Waals surface area (Å²) in [6.45, 7) is 4.16. The normalized spacial score (nSPS) is 12.2. The van der Waals surface area contributed by atoms with E-state index >= 15 is 0 Å². The predicted octanol–water partition coefficient (Wildman–Crippen LogP) is 5.39. The monoisotopic (exact) mass is 372 g/mol. The van der Waals surface area contributed by atoms with Crippen LogP contribution in [-0.4, -0.2) is 11.5 Å². The number of pyridine rings is 1. The lowest BCUT2D eigenvalue weighted by Gasteiger charge is -2.19. The smallest absolute Gasteiger partial charge is 0.144 e. The van der Waals surface area contributed by atoms with Gasteiger partial charge in [-0.05, 0) is 42.7 Å². The van der Waals surface area contributed by atoms with E-state index in [0.717, 1.165) is 28.5 Å². The average Bonchev–Trinajstić information content (AvgIpc) is 2.63. The lowest BCUT2D eigenvalue weighted by Crippen LogP contribution is -2.16. The summed E-state index contributed by atoms with van der Waals surface area (Å²) < 4.78 is 27.9. The first-order valence-electron chi connectivity index (χ1n) is 8.30. The van der Waals surface area contributed by atoms with Crippen LogP contribution in [0.4, 0.5) is 8.78 Å². The van der Waals surface area contributed by atoms with Gasteiger partial charge in [-0.1, -0.05) is 41.9 Å². The molecule has 0 aliphatic carbocycles. The zero-order valence-electron chi connectivity index (χ0n) is 14.6. The van der Waals surface area contributed by atoms with Crippen LogP contribution in [0.1, 0.15) is 28.3 Å². The lowest BCUT2D eigenvalue weighted by molar-refractivity contribution is 0.585. The summed E-state index contributed by atoms with van der Waals surface area (Å²) in [5, 5.41) is -0.135. The van der Waals surface area contributed by atoms with Gasteiger partial charge in [0.25, 0.3) is 0 Å². The van der Waals surface area contributed by atoms with E-state index < -0.39 is 11.6 Å². The molecule has 0 radical (unpaired) electrons. The summed E-state index contributed by atoms with van der Waals surface area (Å²) in [6, 6.07) is 13.8. The van der Waals surface area contributed by atoms with Crippen molar-refractivity contribution < 1.29 is 8.78 Å². The zero-order chi connectivity index (χ0) is 18.8. The molecule has 134 valence electrons. The van der Waals surface area contributed by atoms with Gasteiger partial charge >= 0.3 is 0 Å². The number of rotatable bonds is 4. The van der Waals surface area contributed by atoms with Crippen molar-refractivity contribution in [2.75, 3.05) is 6.54 Å². The van der Waals surface area contributed by atoms with E-state index in [2.05, 4.69) is 4.98 Å². The molecule has 0 aliphatic rings. The Morgan fingerprint density at radius 1 is 1.04 bits per heavy atom. The van der Waals surface area contributed by atoms with Gasteiger partial charge in [0.15, 0.2) is 0 Å². The number of benzene rings is 2. The molecular formula is C21H19ClF2N2. The number of halogens is 3. The molecule has 26 heavy (non-hydrogen) atoms. The minimum atomic E-state index is -0.789. The maximum atomic E-state index is 14.4. The van der Waals surface area contributed by atoms with Crippen LogP contribution in [0.3, 0.4) is 0 Å². The first-order valence-corrected chi connectivity index (χ1v) is 8.68. The van der Waals surface area contributed by atoms with Gasteiger partial charge in [-0.25, -0.2) is 8.78 Å². The third kappa shape index (κ3) is 3.48. The van der Waals surface area contributed by atoms with Crippen LogP contribution in [0.2, 0.25) is 5.02 Å². The zero-order valence-corrected chi connectivity index (χ0v) is 15.3. The highest BCUT2D eigenvalue weighted by Crippen LogP contribution is 2.33. The van der Waals surface area contributed by atoms with Crippen LogP contribution in [0, 0.1) is 25.5 Å². The van der Waals surface area contributed by atoms with Gasteiger partial charge in [0.1, 0.15) is 11.6 Å². The maximum Gasteiger partial charge on any atom is 0.144 e. The van der Waals surface area contributed by atoms with Crippen LogP contribution in [0.25, 0.3) is 11.3 Å². The Morgan fingerprint density at radius 3 is 2.38 bits per heavy atom. The second-order valence-corrected chi connectivity index (χ2v) is 6.69. The fourth-order valence-corrected chi connectivity index (χ4v) is 3.18. The Morgan fingerprint density at radius 2 is 1.73 bits per heavy atom. The summed E-state index contributed by atoms with van der Waals surface area (Å²) >= 11 is 5.86. The van der Waals surface area contributed by atoms with Crippen molar-refractivity contribution in [1.29, 1.82) is 0 Å². The number of hydrogen-bond acceptors (Lipinski definition) is 2. The van der Waals surface area contributed by atoms with Gasteiger partial charge < -0.3 is 5.73 Å². The number of aryl methyl sites for hydroxylation is 1. The predicted molar refractivity (Wildman–Crippen MR) is 101 cm³/mol. The van der Waals surface area contributed by atoms with Gasteiger partial charge in [-0.3, -0.25) is 4.98 Å². The summed E-state index contributed by atoms with van der Waals surface area (Å²) in [5.74, 6) is -1.60. The van der Waals surface area contributed by atoms with E-state index in [4.69, 9.17) is 17.3 Å². The highest BCUT2D eigenvalue weighted by atomic mass is 35.5. The molecule has 2 nitrogen and oxygen atoms in total. The van der Waals surface area contributed by atoms with Gasteiger partial charge in [0, 0.05) is 24.1 Å². The standard InChI is InChI=1S/C21H19ClF2N2/c1-12-8-20(16(11-25)14-6-4-3-5-7-14)26-21(13(12)2)15-9-17(22)19(24)10-18(15)23/h3-10,16H,11,25H2,1-2H3. The molecule has 3 aromatic rings. The molecule has 0 bridgehead atoms. The van der Waals surface area contributed by atoms with E-state index in [1.165, 1.54) is 6.07 Å². The SMILES string of the molecule is Cc1cc(C(CN)c2ccccc2)nc(-c2cc(Cl)c(F)cc2F)c1C. The van der Waals surface area contributed by atoms with Gasteiger partial charge in [0.05, 0.1) is 16.4 Å². The number of nitrogens with two attached hydrogens (primary N) is 1. The molecule has 3 rings (SSSR count). The topological polar surface area (TPSA) is 38.9 Å². The summed E-state index contributed by atoms with van der Waals surface area (Å²) in [4.78, 5) is 4.68. The number of hydrogen-bond donors (Lipinski definition) is 1. The quantitative estimate of drug-likeness (QED) is 0.624. The summed E-state index contributed by atoms with van der Waals surface area (Å²) in [7, 11) is 0. The minimum Gasteiger partial charge on any atom is -0.329 e. The van der Waals surface area contributed by atoms with Gasteiger partial charge in [-0.15, -0.1) is 0 Å². The molecule has 0 spiro atoms.